The van der Waals surface area contributed by atoms with Crippen molar-refractivity contribution < 1.29 is 9.84 Å². The molecule has 0 radical (unpaired) electrons. The van der Waals surface area contributed by atoms with Crippen LogP contribution in [0.15, 0.2) is 24.3 Å². The smallest absolute Gasteiger partial charge is 0.122 e. The summed E-state index contributed by atoms with van der Waals surface area (Å²) in [5.41, 5.74) is 1.30. The first kappa shape index (κ1) is 12.9. The Morgan fingerprint density at radius 1 is 1.16 bits per heavy atom. The monoisotopic (exact) mass is 261 g/mol. The average molecular weight is 261 g/mol. The minimum atomic E-state index is -0.180. The summed E-state index contributed by atoms with van der Waals surface area (Å²) < 4.78 is 5.70. The molecular formula is C16H23NO2. The van der Waals surface area contributed by atoms with Crippen LogP contribution in [0.25, 0.3) is 0 Å². The zero-order valence-corrected chi connectivity index (χ0v) is 11.3. The highest BCUT2D eigenvalue weighted by Crippen LogP contribution is 2.33. The van der Waals surface area contributed by atoms with Gasteiger partial charge in [-0.3, -0.25) is 0 Å². The van der Waals surface area contributed by atoms with Gasteiger partial charge in [0.1, 0.15) is 5.75 Å². The quantitative estimate of drug-likeness (QED) is 0.821. The molecule has 0 aromatic heterocycles. The maximum atomic E-state index is 10.1. The minimum absolute atomic E-state index is 0.180. The SMILES string of the molecule is OC1CCCCCC1NCC1COc2ccccc21. The van der Waals surface area contributed by atoms with E-state index in [0.717, 1.165) is 38.2 Å². The second-order valence-electron chi connectivity index (χ2n) is 5.77. The number of para-hydroxylation sites is 1. The Morgan fingerprint density at radius 2 is 2.00 bits per heavy atom. The summed E-state index contributed by atoms with van der Waals surface area (Å²) in [7, 11) is 0. The molecule has 1 aliphatic heterocycles. The molecule has 3 heteroatoms. The molecule has 19 heavy (non-hydrogen) atoms. The van der Waals surface area contributed by atoms with E-state index in [9.17, 15) is 5.11 Å². The van der Waals surface area contributed by atoms with Crippen molar-refractivity contribution in [1.29, 1.82) is 0 Å². The van der Waals surface area contributed by atoms with Crippen LogP contribution in [0.4, 0.5) is 0 Å². The van der Waals surface area contributed by atoms with Gasteiger partial charge < -0.3 is 15.2 Å². The predicted octanol–water partition coefficient (Wildman–Crippen LogP) is 2.45. The van der Waals surface area contributed by atoms with Gasteiger partial charge in [-0.05, 0) is 18.9 Å². The van der Waals surface area contributed by atoms with Gasteiger partial charge in [-0.15, -0.1) is 0 Å². The van der Waals surface area contributed by atoms with Gasteiger partial charge >= 0.3 is 0 Å². The minimum Gasteiger partial charge on any atom is -0.493 e. The molecule has 104 valence electrons. The second-order valence-corrected chi connectivity index (χ2v) is 5.77. The van der Waals surface area contributed by atoms with Crippen LogP contribution in [0.2, 0.25) is 0 Å². The molecule has 1 heterocycles. The molecule has 1 aromatic rings. The molecule has 0 amide bonds. The van der Waals surface area contributed by atoms with E-state index in [1.54, 1.807) is 0 Å². The second kappa shape index (κ2) is 5.93. The van der Waals surface area contributed by atoms with Crippen molar-refractivity contribution in [2.75, 3.05) is 13.2 Å². The van der Waals surface area contributed by atoms with Gasteiger partial charge in [0, 0.05) is 24.1 Å². The Kier molecular flexibility index (Phi) is 4.04. The third-order valence-corrected chi connectivity index (χ3v) is 4.40. The van der Waals surface area contributed by atoms with E-state index in [4.69, 9.17) is 4.74 Å². The highest BCUT2D eigenvalue weighted by atomic mass is 16.5. The Balaban J connectivity index is 1.58. The lowest BCUT2D eigenvalue weighted by atomic mass is 9.99. The lowest BCUT2D eigenvalue weighted by Gasteiger charge is -2.23. The number of aliphatic hydroxyl groups is 1. The van der Waals surface area contributed by atoms with Crippen molar-refractivity contribution in [1.82, 2.24) is 5.32 Å². The fourth-order valence-corrected chi connectivity index (χ4v) is 3.22. The fraction of sp³-hybridized carbons (Fsp3) is 0.625. The molecule has 1 saturated carbocycles. The van der Waals surface area contributed by atoms with Crippen LogP contribution in [-0.2, 0) is 0 Å². The Bertz CT molecular complexity index is 421. The topological polar surface area (TPSA) is 41.5 Å². The Hall–Kier alpha value is -1.06. The summed E-state index contributed by atoms with van der Waals surface area (Å²) >= 11 is 0. The number of rotatable bonds is 3. The van der Waals surface area contributed by atoms with Crippen LogP contribution in [-0.4, -0.2) is 30.4 Å². The van der Waals surface area contributed by atoms with Crippen LogP contribution in [0.5, 0.6) is 5.75 Å². The molecule has 3 nitrogen and oxygen atoms in total. The predicted molar refractivity (Wildman–Crippen MR) is 75.6 cm³/mol. The first-order valence-electron chi connectivity index (χ1n) is 7.48. The molecule has 3 atom stereocenters. The first-order chi connectivity index (χ1) is 9.34. The average Bonchev–Trinajstić information content (AvgIpc) is 2.73. The number of ether oxygens (including phenoxy) is 1. The number of aliphatic hydroxyl groups excluding tert-OH is 1. The Morgan fingerprint density at radius 3 is 2.95 bits per heavy atom. The van der Waals surface area contributed by atoms with Crippen LogP contribution in [0.1, 0.15) is 43.6 Å². The van der Waals surface area contributed by atoms with E-state index in [2.05, 4.69) is 17.4 Å². The van der Waals surface area contributed by atoms with Crippen LogP contribution < -0.4 is 10.1 Å². The van der Waals surface area contributed by atoms with Crippen LogP contribution >= 0.6 is 0 Å². The highest BCUT2D eigenvalue weighted by molar-refractivity contribution is 5.39. The molecule has 2 aliphatic rings. The van der Waals surface area contributed by atoms with Crippen molar-refractivity contribution in [2.24, 2.45) is 0 Å². The summed E-state index contributed by atoms with van der Waals surface area (Å²) in [5.74, 6) is 1.45. The highest BCUT2D eigenvalue weighted by Gasteiger charge is 2.26. The van der Waals surface area contributed by atoms with Gasteiger partial charge in [0.05, 0.1) is 12.7 Å². The van der Waals surface area contributed by atoms with E-state index < -0.39 is 0 Å². The summed E-state index contributed by atoms with van der Waals surface area (Å²) in [6, 6.07) is 8.54. The molecule has 3 rings (SSSR count). The Labute approximate surface area is 115 Å². The third-order valence-electron chi connectivity index (χ3n) is 4.40. The molecule has 1 aliphatic carbocycles. The summed E-state index contributed by atoms with van der Waals surface area (Å²) in [4.78, 5) is 0. The van der Waals surface area contributed by atoms with Gasteiger partial charge in [-0.25, -0.2) is 0 Å². The van der Waals surface area contributed by atoms with Crippen molar-refractivity contribution in [3.8, 4) is 5.75 Å². The van der Waals surface area contributed by atoms with E-state index in [1.807, 2.05) is 12.1 Å². The van der Waals surface area contributed by atoms with Crippen LogP contribution in [0, 0.1) is 0 Å². The first-order valence-corrected chi connectivity index (χ1v) is 7.48. The fourth-order valence-electron chi connectivity index (χ4n) is 3.22. The molecule has 0 spiro atoms. The zero-order chi connectivity index (χ0) is 13.1. The largest absolute Gasteiger partial charge is 0.493 e. The van der Waals surface area contributed by atoms with Gasteiger partial charge in [-0.2, -0.15) is 0 Å². The molecule has 0 bridgehead atoms. The maximum Gasteiger partial charge on any atom is 0.122 e. The molecular weight excluding hydrogens is 238 g/mol. The molecule has 0 saturated heterocycles. The van der Waals surface area contributed by atoms with Gasteiger partial charge in [0.2, 0.25) is 0 Å². The van der Waals surface area contributed by atoms with E-state index >= 15 is 0 Å². The number of hydrogen-bond donors (Lipinski definition) is 2. The lowest BCUT2D eigenvalue weighted by Crippen LogP contribution is -2.41. The van der Waals surface area contributed by atoms with E-state index in [0.29, 0.717) is 5.92 Å². The molecule has 1 fully saturated rings. The molecule has 2 N–H and O–H groups in total. The number of fused-ring (bicyclic) bond motifs is 1. The van der Waals surface area contributed by atoms with Gasteiger partial charge in [0.25, 0.3) is 0 Å². The standard InChI is InChI=1S/C16H23NO2/c18-15-8-3-1-2-7-14(15)17-10-12-11-19-16-9-5-4-6-13(12)16/h4-6,9,12,14-15,17-18H,1-3,7-8,10-11H2. The van der Waals surface area contributed by atoms with E-state index in [-0.39, 0.29) is 12.1 Å². The van der Waals surface area contributed by atoms with Crippen molar-refractivity contribution in [3.63, 3.8) is 0 Å². The summed E-state index contributed by atoms with van der Waals surface area (Å²) in [6.07, 6.45) is 5.50. The summed E-state index contributed by atoms with van der Waals surface area (Å²) in [5, 5.41) is 13.7. The molecule has 1 aromatic carbocycles. The van der Waals surface area contributed by atoms with Crippen LogP contribution in [0.3, 0.4) is 0 Å². The normalized spacial score (nSPS) is 30.5. The number of nitrogens with one attached hydrogen (secondary N) is 1. The van der Waals surface area contributed by atoms with Crippen molar-refractivity contribution in [3.05, 3.63) is 29.8 Å². The van der Waals surface area contributed by atoms with Crippen molar-refractivity contribution >= 4 is 0 Å². The van der Waals surface area contributed by atoms with Crippen molar-refractivity contribution in [2.45, 2.75) is 50.2 Å². The number of benzene rings is 1. The molecule has 3 unspecified atom stereocenters. The summed E-state index contributed by atoms with van der Waals surface area (Å²) in [6.45, 7) is 1.66. The third kappa shape index (κ3) is 2.93. The maximum absolute atomic E-state index is 10.1. The lowest BCUT2D eigenvalue weighted by molar-refractivity contribution is 0.118. The number of hydrogen-bond acceptors (Lipinski definition) is 3. The zero-order valence-electron chi connectivity index (χ0n) is 11.3. The van der Waals surface area contributed by atoms with E-state index in [1.165, 1.54) is 18.4 Å². The van der Waals surface area contributed by atoms with Gasteiger partial charge in [0.15, 0.2) is 0 Å². The van der Waals surface area contributed by atoms with Gasteiger partial charge in [-0.1, -0.05) is 37.5 Å².